The van der Waals surface area contributed by atoms with Gasteiger partial charge in [0, 0.05) is 10.1 Å². The molecule has 0 aliphatic heterocycles. The molecule has 0 aliphatic carbocycles. The molecule has 0 atom stereocenters. The minimum Gasteiger partial charge on any atom is -0.507 e. The van der Waals surface area contributed by atoms with Crippen LogP contribution in [0.25, 0.3) is 0 Å². The summed E-state index contributed by atoms with van der Waals surface area (Å²) in [7, 11) is 0. The third-order valence-corrected chi connectivity index (χ3v) is 3.60. The normalized spacial score (nSPS) is 10.3. The first-order valence-electron chi connectivity index (χ1n) is 5.68. The van der Waals surface area contributed by atoms with Crippen molar-refractivity contribution in [3.8, 4) is 5.75 Å². The zero-order valence-electron chi connectivity index (χ0n) is 10.2. The lowest BCUT2D eigenvalue weighted by atomic mass is 10.1. The number of benzene rings is 2. The van der Waals surface area contributed by atoms with E-state index in [1.807, 2.05) is 0 Å². The Morgan fingerprint density at radius 3 is 2.75 bits per heavy atom. The summed E-state index contributed by atoms with van der Waals surface area (Å²) < 4.78 is 13.8. The van der Waals surface area contributed by atoms with Crippen LogP contribution in [0.3, 0.4) is 0 Å². The standard InChI is InChI=1S/C14H10ClFINO2/c15-11-5-8(1-3-12(11)16)7-18-14(20)10-6-9(17)2-4-13(10)19/h1-6,19H,7H2,(H,18,20). The molecule has 3 nitrogen and oxygen atoms in total. The van der Waals surface area contributed by atoms with Crippen molar-refractivity contribution in [1.82, 2.24) is 5.32 Å². The third-order valence-electron chi connectivity index (χ3n) is 2.64. The second-order valence-corrected chi connectivity index (χ2v) is 5.75. The topological polar surface area (TPSA) is 49.3 Å². The van der Waals surface area contributed by atoms with Crippen LogP contribution in [0, 0.1) is 9.39 Å². The number of aromatic hydroxyl groups is 1. The predicted molar refractivity (Wildman–Crippen MR) is 83.4 cm³/mol. The number of carbonyl (C=O) groups excluding carboxylic acids is 1. The van der Waals surface area contributed by atoms with Gasteiger partial charge >= 0.3 is 0 Å². The van der Waals surface area contributed by atoms with Crippen molar-refractivity contribution >= 4 is 40.1 Å². The zero-order chi connectivity index (χ0) is 14.7. The van der Waals surface area contributed by atoms with Crippen molar-refractivity contribution in [2.45, 2.75) is 6.54 Å². The third kappa shape index (κ3) is 3.61. The smallest absolute Gasteiger partial charge is 0.255 e. The number of phenolic OH excluding ortho intramolecular Hbond substituents is 1. The van der Waals surface area contributed by atoms with Crippen molar-refractivity contribution in [3.05, 3.63) is 61.9 Å². The summed E-state index contributed by atoms with van der Waals surface area (Å²) in [4.78, 5) is 12.0. The Bertz CT molecular complexity index is 664. The first-order chi connectivity index (χ1) is 9.47. The molecule has 0 radical (unpaired) electrons. The lowest BCUT2D eigenvalue weighted by Crippen LogP contribution is -2.23. The van der Waals surface area contributed by atoms with Crippen molar-refractivity contribution in [3.63, 3.8) is 0 Å². The largest absolute Gasteiger partial charge is 0.507 e. The van der Waals surface area contributed by atoms with E-state index >= 15 is 0 Å². The maximum atomic E-state index is 13.0. The molecule has 2 aromatic rings. The fraction of sp³-hybridized carbons (Fsp3) is 0.0714. The Labute approximate surface area is 133 Å². The van der Waals surface area contributed by atoms with Crippen LogP contribution in [0.4, 0.5) is 4.39 Å². The summed E-state index contributed by atoms with van der Waals surface area (Å²) >= 11 is 7.72. The molecule has 0 fully saturated rings. The van der Waals surface area contributed by atoms with Gasteiger partial charge in [0.1, 0.15) is 11.6 Å². The highest BCUT2D eigenvalue weighted by atomic mass is 127. The molecule has 1 amide bonds. The summed E-state index contributed by atoms with van der Waals surface area (Å²) in [5.74, 6) is -0.987. The molecule has 0 heterocycles. The Kier molecular flexibility index (Phi) is 4.82. The van der Waals surface area contributed by atoms with Crippen molar-refractivity contribution in [2.24, 2.45) is 0 Å². The molecular formula is C14H10ClFINO2. The fourth-order valence-electron chi connectivity index (χ4n) is 1.62. The zero-order valence-corrected chi connectivity index (χ0v) is 13.1. The summed E-state index contributed by atoms with van der Waals surface area (Å²) in [6, 6.07) is 8.98. The van der Waals surface area contributed by atoms with E-state index in [0.29, 0.717) is 5.56 Å². The van der Waals surface area contributed by atoms with E-state index in [1.165, 1.54) is 24.3 Å². The van der Waals surface area contributed by atoms with Gasteiger partial charge in [0.05, 0.1) is 10.6 Å². The average molecular weight is 406 g/mol. The monoisotopic (exact) mass is 405 g/mol. The summed E-state index contributed by atoms with van der Waals surface area (Å²) in [5, 5.41) is 12.3. The molecule has 6 heteroatoms. The minimum absolute atomic E-state index is 0.00820. The van der Waals surface area contributed by atoms with Gasteiger partial charge in [-0.15, -0.1) is 0 Å². The number of amides is 1. The van der Waals surface area contributed by atoms with Crippen LogP contribution < -0.4 is 5.32 Å². The van der Waals surface area contributed by atoms with Crippen molar-refractivity contribution in [2.75, 3.05) is 0 Å². The highest BCUT2D eigenvalue weighted by molar-refractivity contribution is 14.1. The quantitative estimate of drug-likeness (QED) is 0.765. The molecule has 0 saturated heterocycles. The Hall–Kier alpha value is -1.34. The van der Waals surface area contributed by atoms with E-state index in [2.05, 4.69) is 27.9 Å². The van der Waals surface area contributed by atoms with E-state index < -0.39 is 11.7 Å². The van der Waals surface area contributed by atoms with E-state index in [0.717, 1.165) is 3.57 Å². The van der Waals surface area contributed by atoms with Crippen LogP contribution in [0.5, 0.6) is 5.75 Å². The fourth-order valence-corrected chi connectivity index (χ4v) is 2.31. The predicted octanol–water partition coefficient (Wildman–Crippen LogP) is 3.72. The molecule has 104 valence electrons. The molecule has 0 unspecified atom stereocenters. The van der Waals surface area contributed by atoms with E-state index in [9.17, 15) is 14.3 Å². The molecule has 0 saturated carbocycles. The lowest BCUT2D eigenvalue weighted by molar-refractivity contribution is 0.0948. The van der Waals surface area contributed by atoms with Crippen LogP contribution in [-0.4, -0.2) is 11.0 Å². The van der Waals surface area contributed by atoms with E-state index in [-0.39, 0.29) is 22.9 Å². The van der Waals surface area contributed by atoms with Gasteiger partial charge in [-0.25, -0.2) is 4.39 Å². The van der Waals surface area contributed by atoms with Gasteiger partial charge in [-0.05, 0) is 58.5 Å². The molecule has 2 rings (SSSR count). The highest BCUT2D eigenvalue weighted by Gasteiger charge is 2.11. The van der Waals surface area contributed by atoms with Gasteiger partial charge < -0.3 is 10.4 Å². The summed E-state index contributed by atoms with van der Waals surface area (Å²) in [6.45, 7) is 0.198. The second kappa shape index (κ2) is 6.41. The summed E-state index contributed by atoms with van der Waals surface area (Å²) in [6.07, 6.45) is 0. The Morgan fingerprint density at radius 2 is 2.05 bits per heavy atom. The lowest BCUT2D eigenvalue weighted by Gasteiger charge is -2.08. The molecule has 0 aromatic heterocycles. The van der Waals surface area contributed by atoms with Gasteiger partial charge in [-0.3, -0.25) is 4.79 Å². The molecule has 2 N–H and O–H groups in total. The Morgan fingerprint density at radius 1 is 1.30 bits per heavy atom. The SMILES string of the molecule is O=C(NCc1ccc(F)c(Cl)c1)c1cc(I)ccc1O. The molecule has 0 aliphatic rings. The van der Waals surface area contributed by atoms with Gasteiger partial charge in [0.15, 0.2) is 0 Å². The molecule has 0 spiro atoms. The molecule has 2 aromatic carbocycles. The van der Waals surface area contributed by atoms with E-state index in [4.69, 9.17) is 11.6 Å². The van der Waals surface area contributed by atoms with Crippen molar-refractivity contribution in [1.29, 1.82) is 0 Å². The second-order valence-electron chi connectivity index (χ2n) is 4.09. The number of phenols is 1. The molecule has 20 heavy (non-hydrogen) atoms. The van der Waals surface area contributed by atoms with E-state index in [1.54, 1.807) is 12.1 Å². The first kappa shape index (κ1) is 15.1. The van der Waals surface area contributed by atoms with Crippen LogP contribution >= 0.6 is 34.2 Å². The van der Waals surface area contributed by atoms with Crippen LogP contribution in [0.15, 0.2) is 36.4 Å². The van der Waals surface area contributed by atoms with Gasteiger partial charge in [-0.2, -0.15) is 0 Å². The number of hydrogen-bond donors (Lipinski definition) is 2. The number of carbonyl (C=O) groups is 1. The summed E-state index contributed by atoms with van der Waals surface area (Å²) in [5.41, 5.74) is 0.875. The van der Waals surface area contributed by atoms with Crippen LogP contribution in [-0.2, 0) is 6.54 Å². The van der Waals surface area contributed by atoms with Crippen molar-refractivity contribution < 1.29 is 14.3 Å². The van der Waals surface area contributed by atoms with Gasteiger partial charge in [0.25, 0.3) is 5.91 Å². The first-order valence-corrected chi connectivity index (χ1v) is 7.13. The maximum absolute atomic E-state index is 13.0. The van der Waals surface area contributed by atoms with Gasteiger partial charge in [-0.1, -0.05) is 17.7 Å². The highest BCUT2D eigenvalue weighted by Crippen LogP contribution is 2.20. The van der Waals surface area contributed by atoms with Crippen LogP contribution in [0.2, 0.25) is 5.02 Å². The number of halogens is 3. The Balaban J connectivity index is 2.08. The minimum atomic E-state index is -0.503. The average Bonchev–Trinajstić information content (AvgIpc) is 2.42. The number of hydrogen-bond acceptors (Lipinski definition) is 2. The van der Waals surface area contributed by atoms with Crippen LogP contribution in [0.1, 0.15) is 15.9 Å². The van der Waals surface area contributed by atoms with Gasteiger partial charge in [0.2, 0.25) is 0 Å². The number of nitrogens with one attached hydrogen (secondary N) is 1. The maximum Gasteiger partial charge on any atom is 0.255 e. The number of rotatable bonds is 3. The molecule has 0 bridgehead atoms. The molecular weight excluding hydrogens is 396 g/mol.